The molecule has 0 aromatic carbocycles. The van der Waals surface area contributed by atoms with Crippen LogP contribution in [0.1, 0.15) is 44.9 Å². The molecule has 0 radical (unpaired) electrons. The quantitative estimate of drug-likeness (QED) is 0.467. The lowest BCUT2D eigenvalue weighted by Crippen LogP contribution is -2.48. The number of hydrogen-bond donors (Lipinski definition) is 0. The van der Waals surface area contributed by atoms with E-state index >= 15 is 0 Å². The third-order valence-electron chi connectivity index (χ3n) is 6.59. The Morgan fingerprint density at radius 3 is 2.13 bits per heavy atom. The maximum atomic E-state index is 14.1. The zero-order valence-corrected chi connectivity index (χ0v) is 17.8. The number of hydrogen-bond acceptors (Lipinski definition) is 8. The second-order valence-corrected chi connectivity index (χ2v) is 12.3. The molecule has 1 unspecified atom stereocenters. The molecule has 0 N–H and O–H groups in total. The van der Waals surface area contributed by atoms with Crippen LogP contribution in [0.2, 0.25) is 0 Å². The fourth-order valence-electron chi connectivity index (χ4n) is 5.76. The Bertz CT molecular complexity index is 869. The molecular weight excluding hydrogens is 448 g/mol. The van der Waals surface area contributed by atoms with Crippen LogP contribution in [0.5, 0.6) is 0 Å². The molecule has 9 nitrogen and oxygen atoms in total. The van der Waals surface area contributed by atoms with Gasteiger partial charge < -0.3 is 13.6 Å². The van der Waals surface area contributed by atoms with Crippen molar-refractivity contribution < 1.29 is 44.1 Å². The zero-order valence-electron chi connectivity index (χ0n) is 16.2. The van der Waals surface area contributed by atoms with E-state index in [0.717, 1.165) is 38.5 Å². The lowest BCUT2D eigenvalue weighted by atomic mass is 9.50. The molecule has 0 aromatic heterocycles. The van der Waals surface area contributed by atoms with E-state index in [1.807, 2.05) is 0 Å². The van der Waals surface area contributed by atoms with Crippen LogP contribution in [0, 0.1) is 23.2 Å². The van der Waals surface area contributed by atoms with E-state index in [-0.39, 0.29) is 25.0 Å². The summed E-state index contributed by atoms with van der Waals surface area (Å²) in [6.07, 6.45) is 4.41. The smallest absolute Gasteiger partial charge is 0.352 e. The Labute approximate surface area is 174 Å². The third kappa shape index (κ3) is 4.50. The molecule has 5 rings (SSSR count). The van der Waals surface area contributed by atoms with Crippen molar-refractivity contribution in [2.24, 2.45) is 23.2 Å². The first-order chi connectivity index (χ1) is 13.9. The SMILES string of the molecule is O=C1OCCC1OCC(F)(F)S(=O)(=O)[N-]S(=O)(=O)OCC12CC3CC(CC(C3)C1)C2. The van der Waals surface area contributed by atoms with Crippen molar-refractivity contribution in [1.82, 2.24) is 0 Å². The van der Waals surface area contributed by atoms with Gasteiger partial charge in [-0.3, -0.25) is 4.18 Å². The third-order valence-corrected chi connectivity index (χ3v) is 9.39. The predicted molar refractivity (Wildman–Crippen MR) is 98.0 cm³/mol. The first-order valence-corrected chi connectivity index (χ1v) is 12.7. The minimum Gasteiger partial charge on any atom is -0.464 e. The maximum Gasteiger partial charge on any atom is 0.352 e. The van der Waals surface area contributed by atoms with E-state index in [1.165, 1.54) is 0 Å². The minimum absolute atomic E-state index is 0.00141. The van der Waals surface area contributed by atoms with E-state index < -0.39 is 44.3 Å². The van der Waals surface area contributed by atoms with Crippen molar-refractivity contribution in [2.45, 2.75) is 56.3 Å². The highest BCUT2D eigenvalue weighted by Crippen LogP contribution is 2.60. The van der Waals surface area contributed by atoms with Gasteiger partial charge in [0, 0.05) is 6.42 Å². The molecule has 13 heteroatoms. The van der Waals surface area contributed by atoms with Crippen LogP contribution < -0.4 is 0 Å². The van der Waals surface area contributed by atoms with Crippen LogP contribution in [-0.4, -0.2) is 54.0 Å². The van der Waals surface area contributed by atoms with Crippen molar-refractivity contribution in [3.63, 3.8) is 0 Å². The van der Waals surface area contributed by atoms with Gasteiger partial charge in [-0.15, -0.1) is 0 Å². The van der Waals surface area contributed by atoms with Crippen molar-refractivity contribution in [2.75, 3.05) is 19.8 Å². The second-order valence-electron chi connectivity index (χ2n) is 9.05. The molecule has 172 valence electrons. The second kappa shape index (κ2) is 7.61. The molecule has 4 aliphatic carbocycles. The highest BCUT2D eigenvalue weighted by molar-refractivity contribution is 8.10. The van der Waals surface area contributed by atoms with Gasteiger partial charge in [-0.05, 0) is 61.7 Å². The molecule has 0 aromatic rings. The largest absolute Gasteiger partial charge is 0.464 e. The number of ether oxygens (including phenoxy) is 2. The van der Waals surface area contributed by atoms with Crippen LogP contribution in [0.3, 0.4) is 0 Å². The average molecular weight is 473 g/mol. The Kier molecular flexibility index (Phi) is 5.66. The first-order valence-electron chi connectivity index (χ1n) is 9.93. The number of esters is 1. The van der Waals surface area contributed by atoms with Gasteiger partial charge in [0.1, 0.15) is 6.61 Å². The van der Waals surface area contributed by atoms with E-state index in [4.69, 9.17) is 4.18 Å². The highest BCUT2D eigenvalue weighted by Gasteiger charge is 2.51. The van der Waals surface area contributed by atoms with Crippen molar-refractivity contribution in [1.29, 1.82) is 0 Å². The molecule has 1 heterocycles. The number of rotatable bonds is 9. The molecule has 4 saturated carbocycles. The van der Waals surface area contributed by atoms with Crippen molar-refractivity contribution in [3.8, 4) is 0 Å². The predicted octanol–water partition coefficient (Wildman–Crippen LogP) is 2.09. The van der Waals surface area contributed by atoms with Gasteiger partial charge in [-0.1, -0.05) is 0 Å². The monoisotopic (exact) mass is 472 g/mol. The van der Waals surface area contributed by atoms with E-state index in [2.05, 4.69) is 13.6 Å². The van der Waals surface area contributed by atoms with Gasteiger partial charge >= 0.3 is 11.2 Å². The topological polar surface area (TPSA) is 127 Å². The van der Waals surface area contributed by atoms with Crippen LogP contribution in [0.25, 0.3) is 4.13 Å². The minimum atomic E-state index is -5.80. The summed E-state index contributed by atoms with van der Waals surface area (Å²) in [5, 5.41) is -4.65. The number of carbonyl (C=O) groups excluding carboxylic acids is 1. The molecule has 5 fully saturated rings. The summed E-state index contributed by atoms with van der Waals surface area (Å²) in [7, 11) is -10.9. The summed E-state index contributed by atoms with van der Waals surface area (Å²) < 4.78 is 92.5. The van der Waals surface area contributed by atoms with Gasteiger partial charge in [-0.2, -0.15) is 8.78 Å². The molecule has 0 amide bonds. The van der Waals surface area contributed by atoms with Crippen molar-refractivity contribution in [3.05, 3.63) is 4.13 Å². The lowest BCUT2D eigenvalue weighted by Gasteiger charge is -2.56. The summed E-state index contributed by atoms with van der Waals surface area (Å²) in [6, 6.07) is 0. The van der Waals surface area contributed by atoms with E-state index in [9.17, 15) is 30.4 Å². The summed E-state index contributed by atoms with van der Waals surface area (Å²) in [5.74, 6) is 0.637. The molecule has 4 bridgehead atoms. The Morgan fingerprint density at radius 1 is 1.07 bits per heavy atom. The van der Waals surface area contributed by atoms with Crippen LogP contribution in [-0.2, 0) is 38.8 Å². The van der Waals surface area contributed by atoms with Gasteiger partial charge in [0.05, 0.1) is 13.2 Å². The van der Waals surface area contributed by atoms with Crippen molar-refractivity contribution >= 4 is 26.3 Å². The Hall–Kier alpha value is -0.890. The van der Waals surface area contributed by atoms with Crippen LogP contribution >= 0.6 is 0 Å². The number of cyclic esters (lactones) is 1. The fourth-order valence-corrected chi connectivity index (χ4v) is 7.95. The fraction of sp³-hybridized carbons (Fsp3) is 0.941. The molecule has 1 atom stereocenters. The number of halogens is 2. The molecule has 1 saturated heterocycles. The standard InChI is InChI=1S/C17H24F2NO8S2/c18-17(19,10-27-14-1-2-26-15(14)21)29(22,23)20-30(24,25)28-9-16-6-11-3-12(7-16)5-13(4-11)8-16/h11-14H,1-10H2/q-1. The molecule has 0 spiro atoms. The summed E-state index contributed by atoms with van der Waals surface area (Å²) in [5.41, 5.74) is -0.366. The van der Waals surface area contributed by atoms with Gasteiger partial charge in [-0.25, -0.2) is 21.6 Å². The van der Waals surface area contributed by atoms with E-state index in [1.54, 1.807) is 0 Å². The van der Waals surface area contributed by atoms with Gasteiger partial charge in [0.15, 0.2) is 16.1 Å². The highest BCUT2D eigenvalue weighted by atomic mass is 32.3. The first kappa shape index (κ1) is 22.3. The number of nitrogens with zero attached hydrogens (tertiary/aromatic N) is 1. The van der Waals surface area contributed by atoms with Crippen LogP contribution in [0.4, 0.5) is 8.78 Å². The molecule has 1 aliphatic heterocycles. The van der Waals surface area contributed by atoms with E-state index in [0.29, 0.717) is 17.8 Å². The summed E-state index contributed by atoms with van der Waals surface area (Å²) in [6.45, 7) is -2.00. The Balaban J connectivity index is 1.35. The molecular formula is C17H24F2NO8S2-. The zero-order chi connectivity index (χ0) is 21.8. The normalized spacial score (nSPS) is 36.3. The van der Waals surface area contributed by atoms with Crippen LogP contribution in [0.15, 0.2) is 0 Å². The Morgan fingerprint density at radius 2 is 1.63 bits per heavy atom. The van der Waals surface area contributed by atoms with Gasteiger partial charge in [0.25, 0.3) is 0 Å². The number of sulfonamides is 1. The molecule has 30 heavy (non-hydrogen) atoms. The number of carbonyl (C=O) groups is 1. The summed E-state index contributed by atoms with van der Waals surface area (Å²) >= 11 is 0. The molecule has 5 aliphatic rings. The number of alkyl halides is 2. The lowest BCUT2D eigenvalue weighted by molar-refractivity contribution is -0.150. The summed E-state index contributed by atoms with van der Waals surface area (Å²) in [4.78, 5) is 11.2. The van der Waals surface area contributed by atoms with Gasteiger partial charge in [0.2, 0.25) is 10.3 Å². The average Bonchev–Trinajstić information content (AvgIpc) is 3.01. The maximum absolute atomic E-state index is 14.1.